The van der Waals surface area contributed by atoms with Gasteiger partial charge in [0.05, 0.1) is 23.3 Å². The standard InChI is InChI=1S/C24H23N3O4S3/c1-5-31-23(30)17-12(2)13(3)33-21(17)25-16(28)11-32-24-26-20(29)19-18(14(4)34-22(19)27-24)15-9-7-6-8-10-15/h6-10H,5,11H2,1-4H3,(H,25,28)(H,26,27,29). The lowest BCUT2D eigenvalue weighted by Gasteiger charge is -2.07. The molecule has 34 heavy (non-hydrogen) atoms. The van der Waals surface area contributed by atoms with Gasteiger partial charge in [-0.3, -0.25) is 9.59 Å². The average molecular weight is 514 g/mol. The first-order valence-electron chi connectivity index (χ1n) is 10.6. The number of rotatable bonds is 7. The quantitative estimate of drug-likeness (QED) is 0.191. The van der Waals surface area contributed by atoms with Crippen LogP contribution in [0.4, 0.5) is 5.00 Å². The van der Waals surface area contributed by atoms with Gasteiger partial charge in [-0.15, -0.1) is 22.7 Å². The number of aromatic amines is 1. The Morgan fingerprint density at radius 2 is 1.85 bits per heavy atom. The van der Waals surface area contributed by atoms with Gasteiger partial charge in [-0.05, 0) is 38.8 Å². The molecule has 2 N–H and O–H groups in total. The predicted octanol–water partition coefficient (Wildman–Crippen LogP) is 5.55. The maximum Gasteiger partial charge on any atom is 0.341 e. The highest BCUT2D eigenvalue weighted by Crippen LogP contribution is 2.36. The number of aryl methyl sites for hydroxylation is 2. The predicted molar refractivity (Wildman–Crippen MR) is 140 cm³/mol. The van der Waals surface area contributed by atoms with Gasteiger partial charge in [0.2, 0.25) is 5.91 Å². The monoisotopic (exact) mass is 513 g/mol. The van der Waals surface area contributed by atoms with Crippen LogP contribution in [0.5, 0.6) is 0 Å². The molecule has 176 valence electrons. The Hall–Kier alpha value is -2.95. The Morgan fingerprint density at radius 3 is 2.56 bits per heavy atom. The number of H-pyrrole nitrogens is 1. The lowest BCUT2D eigenvalue weighted by Crippen LogP contribution is -2.17. The van der Waals surface area contributed by atoms with Crippen molar-refractivity contribution >= 4 is 61.5 Å². The summed E-state index contributed by atoms with van der Waals surface area (Å²) < 4.78 is 5.13. The molecule has 3 aromatic heterocycles. The summed E-state index contributed by atoms with van der Waals surface area (Å²) in [4.78, 5) is 47.8. The second-order valence-corrected chi connectivity index (χ2v) is 10.9. The molecule has 4 aromatic rings. The summed E-state index contributed by atoms with van der Waals surface area (Å²) in [7, 11) is 0. The van der Waals surface area contributed by atoms with Crippen LogP contribution in [0.1, 0.15) is 32.6 Å². The third-order valence-electron chi connectivity index (χ3n) is 5.24. The van der Waals surface area contributed by atoms with Crippen LogP contribution in [0.2, 0.25) is 0 Å². The number of ether oxygens (including phenoxy) is 1. The number of hydrogen-bond donors (Lipinski definition) is 2. The Morgan fingerprint density at radius 1 is 1.12 bits per heavy atom. The molecule has 0 fully saturated rings. The summed E-state index contributed by atoms with van der Waals surface area (Å²) in [6.45, 7) is 7.69. The molecule has 0 unspecified atom stereocenters. The average Bonchev–Trinajstić information content (AvgIpc) is 3.28. The highest BCUT2D eigenvalue weighted by molar-refractivity contribution is 7.99. The molecule has 0 aliphatic carbocycles. The Labute approximate surface area is 208 Å². The van der Waals surface area contributed by atoms with Gasteiger partial charge in [0, 0.05) is 15.3 Å². The van der Waals surface area contributed by atoms with Crippen molar-refractivity contribution in [3.63, 3.8) is 0 Å². The van der Waals surface area contributed by atoms with E-state index in [0.29, 0.717) is 25.9 Å². The molecule has 0 atom stereocenters. The van der Waals surface area contributed by atoms with Gasteiger partial charge in [-0.1, -0.05) is 42.1 Å². The van der Waals surface area contributed by atoms with Gasteiger partial charge >= 0.3 is 5.97 Å². The number of carbonyl (C=O) groups is 2. The smallest absolute Gasteiger partial charge is 0.341 e. The number of anilines is 1. The fourth-order valence-corrected chi connectivity index (χ4v) is 6.41. The Balaban J connectivity index is 1.53. The van der Waals surface area contributed by atoms with E-state index in [1.165, 1.54) is 22.7 Å². The third kappa shape index (κ3) is 4.79. The number of aromatic nitrogens is 2. The van der Waals surface area contributed by atoms with Crippen molar-refractivity contribution in [1.29, 1.82) is 0 Å². The van der Waals surface area contributed by atoms with Crippen LogP contribution in [0.3, 0.4) is 0 Å². The van der Waals surface area contributed by atoms with Crippen LogP contribution >= 0.6 is 34.4 Å². The second kappa shape index (κ2) is 10.1. The molecule has 1 aromatic carbocycles. The number of carbonyl (C=O) groups excluding carboxylic acids is 2. The van der Waals surface area contributed by atoms with Crippen LogP contribution < -0.4 is 10.9 Å². The molecule has 7 nitrogen and oxygen atoms in total. The number of nitrogens with one attached hydrogen (secondary N) is 2. The van der Waals surface area contributed by atoms with Crippen LogP contribution in [-0.2, 0) is 9.53 Å². The van der Waals surface area contributed by atoms with Crippen LogP contribution in [0, 0.1) is 20.8 Å². The van der Waals surface area contributed by atoms with Gasteiger partial charge in [-0.2, -0.15) is 0 Å². The van der Waals surface area contributed by atoms with Crippen LogP contribution in [0.15, 0.2) is 40.3 Å². The molecule has 0 radical (unpaired) electrons. The highest BCUT2D eigenvalue weighted by atomic mass is 32.2. The van der Waals surface area contributed by atoms with Crippen molar-refractivity contribution in [2.24, 2.45) is 0 Å². The van der Waals surface area contributed by atoms with E-state index in [1.807, 2.05) is 51.1 Å². The molecule has 4 rings (SSSR count). The van der Waals surface area contributed by atoms with Crippen LogP contribution in [0.25, 0.3) is 21.3 Å². The van der Waals surface area contributed by atoms with Crippen LogP contribution in [-0.4, -0.2) is 34.2 Å². The van der Waals surface area contributed by atoms with E-state index in [1.54, 1.807) is 6.92 Å². The summed E-state index contributed by atoms with van der Waals surface area (Å²) in [6.07, 6.45) is 0. The van der Waals surface area contributed by atoms with E-state index in [2.05, 4.69) is 15.3 Å². The van der Waals surface area contributed by atoms with Crippen molar-refractivity contribution in [2.75, 3.05) is 17.7 Å². The summed E-state index contributed by atoms with van der Waals surface area (Å²) in [5, 5.41) is 4.21. The molecule has 0 spiro atoms. The largest absolute Gasteiger partial charge is 0.462 e. The fraction of sp³-hybridized carbons (Fsp3) is 0.250. The number of benzene rings is 1. The minimum absolute atomic E-state index is 0.0304. The van der Waals surface area contributed by atoms with E-state index in [4.69, 9.17) is 4.74 Å². The Kier molecular flexibility index (Phi) is 7.20. The number of nitrogens with zero attached hydrogens (tertiary/aromatic N) is 1. The number of esters is 1. The maximum absolute atomic E-state index is 12.9. The summed E-state index contributed by atoms with van der Waals surface area (Å²) >= 11 is 3.94. The zero-order valence-electron chi connectivity index (χ0n) is 19.1. The molecule has 10 heteroatoms. The molecule has 1 amide bonds. The van der Waals surface area contributed by atoms with Gasteiger partial charge in [-0.25, -0.2) is 9.78 Å². The van der Waals surface area contributed by atoms with Crippen molar-refractivity contribution < 1.29 is 14.3 Å². The van der Waals surface area contributed by atoms with Gasteiger partial charge in [0.1, 0.15) is 9.83 Å². The van der Waals surface area contributed by atoms with E-state index in [0.717, 1.165) is 38.2 Å². The molecule has 0 saturated heterocycles. The zero-order chi connectivity index (χ0) is 24.4. The Bertz CT molecular complexity index is 1440. The lowest BCUT2D eigenvalue weighted by molar-refractivity contribution is -0.113. The van der Waals surface area contributed by atoms with Crippen molar-refractivity contribution in [3.05, 3.63) is 61.6 Å². The van der Waals surface area contributed by atoms with Crippen molar-refractivity contribution in [2.45, 2.75) is 32.9 Å². The number of thioether (sulfide) groups is 1. The number of fused-ring (bicyclic) bond motifs is 1. The van der Waals surface area contributed by atoms with E-state index < -0.39 is 5.97 Å². The number of thiophene rings is 2. The molecule has 0 aliphatic heterocycles. The van der Waals surface area contributed by atoms with Gasteiger partial charge < -0.3 is 15.0 Å². The van der Waals surface area contributed by atoms with Crippen molar-refractivity contribution in [3.8, 4) is 11.1 Å². The molecular formula is C24H23N3O4S3. The first-order valence-corrected chi connectivity index (χ1v) is 13.2. The lowest BCUT2D eigenvalue weighted by atomic mass is 10.0. The molecule has 0 aliphatic rings. The van der Waals surface area contributed by atoms with Gasteiger partial charge in [0.25, 0.3) is 5.56 Å². The summed E-state index contributed by atoms with van der Waals surface area (Å²) in [6, 6.07) is 9.75. The van der Waals surface area contributed by atoms with Crippen molar-refractivity contribution in [1.82, 2.24) is 9.97 Å². The molecule has 3 heterocycles. The van der Waals surface area contributed by atoms with E-state index >= 15 is 0 Å². The second-order valence-electron chi connectivity index (χ2n) is 7.50. The first-order chi connectivity index (χ1) is 16.3. The van der Waals surface area contributed by atoms with Gasteiger partial charge in [0.15, 0.2) is 5.16 Å². The minimum atomic E-state index is -0.453. The third-order valence-corrected chi connectivity index (χ3v) is 8.23. The fourth-order valence-electron chi connectivity index (χ4n) is 3.58. The van der Waals surface area contributed by atoms with E-state index in [-0.39, 0.29) is 23.8 Å². The molecule has 0 bridgehead atoms. The highest BCUT2D eigenvalue weighted by Gasteiger charge is 2.22. The number of hydrogen-bond acceptors (Lipinski definition) is 8. The summed E-state index contributed by atoms with van der Waals surface area (Å²) in [5.74, 6) is -0.722. The zero-order valence-corrected chi connectivity index (χ0v) is 21.6. The summed E-state index contributed by atoms with van der Waals surface area (Å²) in [5.41, 5.74) is 2.81. The molecule has 0 saturated carbocycles. The normalized spacial score (nSPS) is 11.1. The maximum atomic E-state index is 12.9. The molecular weight excluding hydrogens is 490 g/mol. The SMILES string of the molecule is CCOC(=O)c1c(NC(=O)CSc2nc3sc(C)c(-c4ccccc4)c3c(=O)[nH]2)sc(C)c1C. The van der Waals surface area contributed by atoms with E-state index in [9.17, 15) is 14.4 Å². The topological polar surface area (TPSA) is 101 Å². The first kappa shape index (κ1) is 24.2. The minimum Gasteiger partial charge on any atom is -0.462 e. The number of amides is 1.